The van der Waals surface area contributed by atoms with Crippen LogP contribution in [0.5, 0.6) is 0 Å². The zero-order chi connectivity index (χ0) is 12.1. The van der Waals surface area contributed by atoms with Crippen LogP contribution >= 0.6 is 23.2 Å². The summed E-state index contributed by atoms with van der Waals surface area (Å²) in [5, 5.41) is 5.20. The van der Waals surface area contributed by atoms with Crippen molar-refractivity contribution in [3.63, 3.8) is 0 Å². The highest BCUT2D eigenvalue weighted by molar-refractivity contribution is 6.31. The minimum atomic E-state index is 0.643. The fourth-order valence-electron chi connectivity index (χ4n) is 1.67. The predicted molar refractivity (Wildman–Crippen MR) is 69.3 cm³/mol. The Balaban J connectivity index is 2.82. The smallest absolute Gasteiger partial charge is 0.0863 e. The second kappa shape index (κ2) is 6.48. The fourth-order valence-corrected chi connectivity index (χ4v) is 2.26. The topological polar surface area (TPSA) is 21.1 Å². The van der Waals surface area contributed by atoms with Gasteiger partial charge in [-0.15, -0.1) is 11.6 Å². The molecular formula is C11H19Cl2N3. The van der Waals surface area contributed by atoms with Crippen molar-refractivity contribution in [1.29, 1.82) is 0 Å². The van der Waals surface area contributed by atoms with Gasteiger partial charge < -0.3 is 0 Å². The van der Waals surface area contributed by atoms with Crippen molar-refractivity contribution < 1.29 is 0 Å². The van der Waals surface area contributed by atoms with E-state index in [4.69, 9.17) is 23.2 Å². The van der Waals surface area contributed by atoms with Crippen molar-refractivity contribution in [1.82, 2.24) is 14.7 Å². The van der Waals surface area contributed by atoms with E-state index in [0.717, 1.165) is 42.5 Å². The molecule has 0 N–H and O–H groups in total. The van der Waals surface area contributed by atoms with E-state index in [0.29, 0.717) is 5.88 Å². The van der Waals surface area contributed by atoms with Gasteiger partial charge in [-0.3, -0.25) is 9.58 Å². The minimum Gasteiger partial charge on any atom is -0.297 e. The van der Waals surface area contributed by atoms with Gasteiger partial charge in [0.2, 0.25) is 0 Å². The molecule has 1 aromatic rings. The van der Waals surface area contributed by atoms with Gasteiger partial charge in [0.15, 0.2) is 0 Å². The van der Waals surface area contributed by atoms with Gasteiger partial charge in [0, 0.05) is 26.0 Å². The summed E-state index contributed by atoms with van der Waals surface area (Å²) in [5.41, 5.74) is 2.05. The number of aryl methyl sites for hydroxylation is 2. The fraction of sp³-hybridized carbons (Fsp3) is 0.727. The van der Waals surface area contributed by atoms with E-state index in [1.54, 1.807) is 0 Å². The third-order valence-electron chi connectivity index (χ3n) is 2.72. The van der Waals surface area contributed by atoms with Crippen LogP contribution in [0.25, 0.3) is 0 Å². The molecule has 3 nitrogen and oxygen atoms in total. The van der Waals surface area contributed by atoms with Crippen LogP contribution in [-0.4, -0.2) is 33.6 Å². The zero-order valence-corrected chi connectivity index (χ0v) is 11.6. The molecule has 92 valence electrons. The lowest BCUT2D eigenvalue weighted by atomic mass is 10.3. The Morgan fingerprint density at radius 2 is 2.06 bits per heavy atom. The lowest BCUT2D eigenvalue weighted by molar-refractivity contribution is 0.289. The predicted octanol–water partition coefficient (Wildman–Crippen LogP) is 2.70. The van der Waals surface area contributed by atoms with Crippen molar-refractivity contribution in [2.75, 3.05) is 19.0 Å². The van der Waals surface area contributed by atoms with Crippen molar-refractivity contribution in [3.8, 4) is 0 Å². The largest absolute Gasteiger partial charge is 0.297 e. The average molecular weight is 264 g/mol. The first-order valence-electron chi connectivity index (χ1n) is 5.62. The van der Waals surface area contributed by atoms with Crippen LogP contribution in [0.3, 0.4) is 0 Å². The van der Waals surface area contributed by atoms with Gasteiger partial charge >= 0.3 is 0 Å². The SMILES string of the molecule is CCc1nn(C)c(CN(CC)CCCl)c1Cl. The number of halogens is 2. The van der Waals surface area contributed by atoms with Crippen LogP contribution in [0.1, 0.15) is 25.2 Å². The van der Waals surface area contributed by atoms with Crippen molar-refractivity contribution in [2.45, 2.75) is 26.8 Å². The van der Waals surface area contributed by atoms with E-state index >= 15 is 0 Å². The first kappa shape index (κ1) is 13.8. The van der Waals surface area contributed by atoms with Crippen LogP contribution in [0, 0.1) is 0 Å². The number of nitrogens with zero attached hydrogens (tertiary/aromatic N) is 3. The highest BCUT2D eigenvalue weighted by atomic mass is 35.5. The Labute approximate surface area is 107 Å². The average Bonchev–Trinajstić information content (AvgIpc) is 2.55. The van der Waals surface area contributed by atoms with Gasteiger partial charge in [-0.1, -0.05) is 25.4 Å². The first-order chi connectivity index (χ1) is 7.63. The van der Waals surface area contributed by atoms with Gasteiger partial charge in [-0.25, -0.2) is 0 Å². The molecule has 0 radical (unpaired) electrons. The third kappa shape index (κ3) is 3.12. The Morgan fingerprint density at radius 3 is 2.50 bits per heavy atom. The van der Waals surface area contributed by atoms with Crippen LogP contribution in [0.2, 0.25) is 5.02 Å². The molecule has 0 bridgehead atoms. The van der Waals surface area contributed by atoms with Gasteiger partial charge in [0.25, 0.3) is 0 Å². The summed E-state index contributed by atoms with van der Waals surface area (Å²) < 4.78 is 1.87. The maximum absolute atomic E-state index is 6.29. The third-order valence-corrected chi connectivity index (χ3v) is 3.33. The van der Waals surface area contributed by atoms with Crippen LogP contribution < -0.4 is 0 Å². The lowest BCUT2D eigenvalue weighted by Gasteiger charge is -2.19. The van der Waals surface area contributed by atoms with Gasteiger partial charge in [-0.05, 0) is 13.0 Å². The summed E-state index contributed by atoms with van der Waals surface area (Å²) >= 11 is 12.0. The Morgan fingerprint density at radius 1 is 1.38 bits per heavy atom. The normalized spacial score (nSPS) is 11.4. The summed E-state index contributed by atoms with van der Waals surface area (Å²) in [4.78, 5) is 2.26. The molecule has 1 rings (SSSR count). The Kier molecular flexibility index (Phi) is 5.59. The molecule has 0 spiro atoms. The molecule has 0 aliphatic carbocycles. The van der Waals surface area contributed by atoms with E-state index in [9.17, 15) is 0 Å². The maximum atomic E-state index is 6.29. The lowest BCUT2D eigenvalue weighted by Crippen LogP contribution is -2.26. The summed E-state index contributed by atoms with van der Waals surface area (Å²) in [5.74, 6) is 0.643. The van der Waals surface area contributed by atoms with Gasteiger partial charge in [0.1, 0.15) is 0 Å². The molecule has 0 saturated heterocycles. The highest BCUT2D eigenvalue weighted by Crippen LogP contribution is 2.22. The van der Waals surface area contributed by atoms with E-state index in [1.165, 1.54) is 0 Å². The number of hydrogen-bond acceptors (Lipinski definition) is 2. The Hall–Kier alpha value is -0.250. The molecule has 0 unspecified atom stereocenters. The molecule has 1 aromatic heterocycles. The van der Waals surface area contributed by atoms with E-state index < -0.39 is 0 Å². The molecule has 0 atom stereocenters. The number of aromatic nitrogens is 2. The summed E-state index contributed by atoms with van der Waals surface area (Å²) in [6.07, 6.45) is 0.869. The first-order valence-corrected chi connectivity index (χ1v) is 6.53. The Bertz CT molecular complexity index is 336. The van der Waals surface area contributed by atoms with Crippen molar-refractivity contribution >= 4 is 23.2 Å². The molecule has 0 saturated carbocycles. The summed E-state index contributed by atoms with van der Waals surface area (Å²) in [7, 11) is 1.94. The molecule has 5 heteroatoms. The number of rotatable bonds is 6. The van der Waals surface area contributed by atoms with Gasteiger partial charge in [-0.2, -0.15) is 5.10 Å². The second-order valence-electron chi connectivity index (χ2n) is 3.74. The summed E-state index contributed by atoms with van der Waals surface area (Å²) in [6, 6.07) is 0. The molecule has 0 aliphatic heterocycles. The quantitative estimate of drug-likeness (QED) is 0.736. The van der Waals surface area contributed by atoms with E-state index in [-0.39, 0.29) is 0 Å². The molecule has 0 aliphatic rings. The molecule has 0 aromatic carbocycles. The standard InChI is InChI=1S/C11H19Cl2N3/c1-4-9-11(13)10(15(3)14-9)8-16(5-2)7-6-12/h4-8H2,1-3H3. The molecule has 0 fully saturated rings. The van der Waals surface area contributed by atoms with Crippen LogP contribution in [-0.2, 0) is 20.0 Å². The second-order valence-corrected chi connectivity index (χ2v) is 4.50. The molecular weight excluding hydrogens is 245 g/mol. The summed E-state index contributed by atoms with van der Waals surface area (Å²) in [6.45, 7) is 6.84. The van der Waals surface area contributed by atoms with Crippen LogP contribution in [0.15, 0.2) is 0 Å². The minimum absolute atomic E-state index is 0.643. The van der Waals surface area contributed by atoms with E-state index in [1.807, 2.05) is 11.7 Å². The highest BCUT2D eigenvalue weighted by Gasteiger charge is 2.15. The number of hydrogen-bond donors (Lipinski definition) is 0. The van der Waals surface area contributed by atoms with E-state index in [2.05, 4.69) is 23.8 Å². The van der Waals surface area contributed by atoms with Crippen molar-refractivity contribution in [3.05, 3.63) is 16.4 Å². The molecule has 16 heavy (non-hydrogen) atoms. The zero-order valence-electron chi connectivity index (χ0n) is 10.1. The number of alkyl halides is 1. The van der Waals surface area contributed by atoms with Gasteiger partial charge in [0.05, 0.1) is 16.4 Å². The maximum Gasteiger partial charge on any atom is 0.0863 e. The van der Waals surface area contributed by atoms with Crippen molar-refractivity contribution in [2.24, 2.45) is 7.05 Å². The molecule has 1 heterocycles. The monoisotopic (exact) mass is 263 g/mol. The molecule has 0 amide bonds. The van der Waals surface area contributed by atoms with Crippen LogP contribution in [0.4, 0.5) is 0 Å².